The number of hydrogen-bond acceptors (Lipinski definition) is 5. The van der Waals surface area contributed by atoms with Gasteiger partial charge in [-0.15, -0.1) is 0 Å². The highest BCUT2D eigenvalue weighted by molar-refractivity contribution is 5.61. The van der Waals surface area contributed by atoms with Crippen LogP contribution >= 0.6 is 0 Å². The molecule has 1 aromatic carbocycles. The molecule has 0 unspecified atom stereocenters. The van der Waals surface area contributed by atoms with E-state index in [9.17, 15) is 0 Å². The number of nitrogens with one attached hydrogen (secondary N) is 2. The van der Waals surface area contributed by atoms with Crippen LogP contribution in [0.3, 0.4) is 0 Å². The van der Waals surface area contributed by atoms with E-state index >= 15 is 0 Å². The van der Waals surface area contributed by atoms with E-state index in [2.05, 4.69) is 56.7 Å². The maximum Gasteiger partial charge on any atom is 0.225 e. The third-order valence-corrected chi connectivity index (χ3v) is 5.83. The van der Waals surface area contributed by atoms with Crippen LogP contribution < -0.4 is 15.5 Å². The predicted octanol–water partition coefficient (Wildman–Crippen LogP) is 5.12. The molecule has 1 aromatic heterocycles. The molecule has 1 saturated carbocycles. The Hall–Kier alpha value is -2.30. The zero-order valence-electron chi connectivity index (χ0n) is 16.5. The molecule has 0 amide bonds. The molecule has 5 nitrogen and oxygen atoms in total. The van der Waals surface area contributed by atoms with Crippen molar-refractivity contribution >= 4 is 23.1 Å². The molecule has 144 valence electrons. The number of aryl methyl sites for hydroxylation is 1. The van der Waals surface area contributed by atoms with Crippen molar-refractivity contribution in [3.63, 3.8) is 0 Å². The largest absolute Gasteiger partial charge is 0.372 e. The molecule has 0 radical (unpaired) electrons. The summed E-state index contributed by atoms with van der Waals surface area (Å²) in [5.41, 5.74) is 3.36. The third-order valence-electron chi connectivity index (χ3n) is 5.83. The number of rotatable bonds is 5. The Morgan fingerprint density at radius 2 is 1.67 bits per heavy atom. The highest BCUT2D eigenvalue weighted by Crippen LogP contribution is 2.26. The molecule has 2 N–H and O–H groups in total. The maximum absolute atomic E-state index is 4.67. The summed E-state index contributed by atoms with van der Waals surface area (Å²) in [5.74, 6) is 2.45. The molecule has 0 spiro atoms. The summed E-state index contributed by atoms with van der Waals surface area (Å²) in [5, 5.41) is 6.93. The van der Waals surface area contributed by atoms with E-state index in [1.54, 1.807) is 0 Å². The van der Waals surface area contributed by atoms with Crippen LogP contribution in [-0.4, -0.2) is 29.1 Å². The first-order valence-electron chi connectivity index (χ1n) is 10.4. The number of piperidine rings is 1. The molecular weight excluding hydrogens is 334 g/mol. The second kappa shape index (κ2) is 8.15. The molecule has 2 fully saturated rings. The van der Waals surface area contributed by atoms with Crippen molar-refractivity contribution in [3.8, 4) is 0 Å². The van der Waals surface area contributed by atoms with Gasteiger partial charge in [-0.2, -0.15) is 4.98 Å². The molecular formula is C22H31N5. The van der Waals surface area contributed by atoms with Gasteiger partial charge in [0.15, 0.2) is 0 Å². The molecule has 2 aliphatic rings. The quantitative estimate of drug-likeness (QED) is 0.770. The van der Waals surface area contributed by atoms with Crippen molar-refractivity contribution in [1.29, 1.82) is 0 Å². The minimum absolute atomic E-state index is 0.520. The summed E-state index contributed by atoms with van der Waals surface area (Å²) in [4.78, 5) is 11.7. The van der Waals surface area contributed by atoms with Crippen LogP contribution in [0.2, 0.25) is 0 Å². The van der Waals surface area contributed by atoms with E-state index < -0.39 is 0 Å². The van der Waals surface area contributed by atoms with Gasteiger partial charge in [0, 0.05) is 42.3 Å². The van der Waals surface area contributed by atoms with Crippen molar-refractivity contribution in [1.82, 2.24) is 9.97 Å². The van der Waals surface area contributed by atoms with Crippen molar-refractivity contribution in [2.45, 2.75) is 58.4 Å². The van der Waals surface area contributed by atoms with Crippen molar-refractivity contribution in [2.75, 3.05) is 28.6 Å². The molecule has 0 atom stereocenters. The van der Waals surface area contributed by atoms with Gasteiger partial charge in [-0.1, -0.05) is 19.8 Å². The Morgan fingerprint density at radius 1 is 0.963 bits per heavy atom. The Morgan fingerprint density at radius 3 is 2.37 bits per heavy atom. The van der Waals surface area contributed by atoms with Gasteiger partial charge in [0.2, 0.25) is 5.95 Å². The van der Waals surface area contributed by atoms with E-state index in [4.69, 9.17) is 0 Å². The van der Waals surface area contributed by atoms with Crippen molar-refractivity contribution in [3.05, 3.63) is 36.0 Å². The minimum atomic E-state index is 0.520. The lowest BCUT2D eigenvalue weighted by Crippen LogP contribution is -2.32. The average molecular weight is 366 g/mol. The van der Waals surface area contributed by atoms with Gasteiger partial charge >= 0.3 is 0 Å². The van der Waals surface area contributed by atoms with Crippen LogP contribution in [0.4, 0.5) is 23.1 Å². The van der Waals surface area contributed by atoms with E-state index in [1.165, 1.54) is 44.2 Å². The fourth-order valence-corrected chi connectivity index (χ4v) is 4.12. The lowest BCUT2D eigenvalue weighted by atomic mass is 9.99. The smallest absolute Gasteiger partial charge is 0.225 e. The van der Waals surface area contributed by atoms with Gasteiger partial charge in [0.25, 0.3) is 0 Å². The van der Waals surface area contributed by atoms with Gasteiger partial charge in [-0.25, -0.2) is 4.98 Å². The number of aromatic nitrogens is 2. The van der Waals surface area contributed by atoms with Gasteiger partial charge in [0.05, 0.1) is 0 Å². The van der Waals surface area contributed by atoms with E-state index in [0.29, 0.717) is 6.04 Å². The molecule has 2 aromatic rings. The topological polar surface area (TPSA) is 53.1 Å². The lowest BCUT2D eigenvalue weighted by molar-refractivity contribution is 0.438. The van der Waals surface area contributed by atoms with Gasteiger partial charge in [-0.3, -0.25) is 0 Å². The molecule has 1 saturated heterocycles. The van der Waals surface area contributed by atoms with E-state index in [0.717, 1.165) is 42.2 Å². The highest BCUT2D eigenvalue weighted by Gasteiger charge is 2.17. The first-order valence-corrected chi connectivity index (χ1v) is 10.4. The summed E-state index contributed by atoms with van der Waals surface area (Å²) in [6, 6.07) is 11.2. The van der Waals surface area contributed by atoms with E-state index in [1.807, 2.05) is 13.0 Å². The van der Waals surface area contributed by atoms with Gasteiger partial charge in [0.1, 0.15) is 5.82 Å². The van der Waals surface area contributed by atoms with Gasteiger partial charge < -0.3 is 15.5 Å². The zero-order chi connectivity index (χ0) is 18.6. The van der Waals surface area contributed by atoms with Crippen LogP contribution in [0, 0.1) is 12.8 Å². The van der Waals surface area contributed by atoms with Crippen LogP contribution in [0.1, 0.15) is 51.1 Å². The van der Waals surface area contributed by atoms with E-state index in [-0.39, 0.29) is 0 Å². The van der Waals surface area contributed by atoms with Crippen LogP contribution in [0.5, 0.6) is 0 Å². The van der Waals surface area contributed by atoms with Crippen LogP contribution in [0.15, 0.2) is 30.3 Å². The van der Waals surface area contributed by atoms with Crippen LogP contribution in [0.25, 0.3) is 0 Å². The monoisotopic (exact) mass is 365 g/mol. The summed E-state index contributed by atoms with van der Waals surface area (Å²) >= 11 is 0. The third kappa shape index (κ3) is 4.71. The summed E-state index contributed by atoms with van der Waals surface area (Å²) in [6.07, 6.45) is 7.62. The van der Waals surface area contributed by atoms with Crippen molar-refractivity contribution < 1.29 is 0 Å². The summed E-state index contributed by atoms with van der Waals surface area (Å²) in [7, 11) is 0. The Labute approximate surface area is 162 Å². The minimum Gasteiger partial charge on any atom is -0.372 e. The Kier molecular flexibility index (Phi) is 5.46. The maximum atomic E-state index is 4.67. The first kappa shape index (κ1) is 18.1. The second-order valence-corrected chi connectivity index (χ2v) is 8.19. The Balaban J connectivity index is 1.41. The lowest BCUT2D eigenvalue weighted by Gasteiger charge is -2.32. The molecule has 0 bridgehead atoms. The number of hydrogen-bond donors (Lipinski definition) is 2. The normalized spacial score (nSPS) is 18.7. The number of benzene rings is 1. The molecule has 5 heteroatoms. The molecule has 2 heterocycles. The van der Waals surface area contributed by atoms with Crippen LogP contribution in [-0.2, 0) is 0 Å². The fraction of sp³-hybridized carbons (Fsp3) is 0.545. The van der Waals surface area contributed by atoms with Gasteiger partial charge in [-0.05, 0) is 62.8 Å². The second-order valence-electron chi connectivity index (χ2n) is 8.19. The fourth-order valence-electron chi connectivity index (χ4n) is 4.12. The molecule has 1 aliphatic heterocycles. The molecule has 1 aliphatic carbocycles. The van der Waals surface area contributed by atoms with Crippen molar-refractivity contribution in [2.24, 2.45) is 5.92 Å². The zero-order valence-corrected chi connectivity index (χ0v) is 16.5. The number of anilines is 4. The standard InChI is InChI=1S/C22H31N5/c1-16-11-13-27(14-12-16)20-9-7-19(8-10-20)24-21-15-17(2)23-22(26-21)25-18-5-3-4-6-18/h7-10,15-16,18H,3-6,11-14H2,1-2H3,(H2,23,24,25,26). The average Bonchev–Trinajstić information content (AvgIpc) is 3.16. The Bertz CT molecular complexity index is 744. The SMILES string of the molecule is Cc1cc(Nc2ccc(N3CCC(C)CC3)cc2)nc(NC2CCCC2)n1. The molecule has 4 rings (SSSR count). The highest BCUT2D eigenvalue weighted by atomic mass is 15.2. The summed E-state index contributed by atoms with van der Waals surface area (Å²) < 4.78 is 0. The predicted molar refractivity (Wildman–Crippen MR) is 113 cm³/mol. The number of nitrogens with zero attached hydrogens (tertiary/aromatic N) is 3. The molecule has 27 heavy (non-hydrogen) atoms. The first-order chi connectivity index (χ1) is 13.2. The summed E-state index contributed by atoms with van der Waals surface area (Å²) in [6.45, 7) is 6.70.